The zero-order valence-corrected chi connectivity index (χ0v) is 18.9. The summed E-state index contributed by atoms with van der Waals surface area (Å²) in [5.74, 6) is -0.374. The van der Waals surface area contributed by atoms with E-state index in [1.807, 2.05) is 42.2 Å². The highest BCUT2D eigenvalue weighted by molar-refractivity contribution is 7.21. The Morgan fingerprint density at radius 1 is 1.30 bits per heavy atom. The number of benzene rings is 1. The van der Waals surface area contributed by atoms with Gasteiger partial charge in [0.05, 0.1) is 17.6 Å². The van der Waals surface area contributed by atoms with Gasteiger partial charge >= 0.3 is 0 Å². The van der Waals surface area contributed by atoms with E-state index in [0.29, 0.717) is 35.9 Å². The van der Waals surface area contributed by atoms with Gasteiger partial charge in [-0.05, 0) is 37.1 Å². The predicted molar refractivity (Wildman–Crippen MR) is 125 cm³/mol. The first-order chi connectivity index (χ1) is 15.8. The molecule has 10 heteroatoms. The van der Waals surface area contributed by atoms with Crippen LogP contribution in [0.15, 0.2) is 30.3 Å². The molecule has 0 radical (unpaired) electrons. The number of nitrogens with two attached hydrogens (primary N) is 2. The van der Waals surface area contributed by atoms with E-state index in [4.69, 9.17) is 16.2 Å². The van der Waals surface area contributed by atoms with Crippen molar-refractivity contribution in [3.8, 4) is 5.75 Å². The number of aromatic nitrogens is 1. The summed E-state index contributed by atoms with van der Waals surface area (Å²) in [5.41, 5.74) is 15.2. The summed E-state index contributed by atoms with van der Waals surface area (Å²) in [5, 5.41) is 3.80. The van der Waals surface area contributed by atoms with Gasteiger partial charge in [-0.15, -0.1) is 11.3 Å². The number of halogens is 2. The van der Waals surface area contributed by atoms with Crippen LogP contribution in [-0.2, 0) is 6.42 Å². The molecule has 5 N–H and O–H groups in total. The standard InChI is InChI=1S/C23H25F2N5O2S/c1-11-2-5-15-19(27)20(33-23(15)28-11)22(31)29-13-6-12-3-4-14(7-18(12)32-10-13)30-8-16(21(24)25)17(26)9-30/h2-5,7,13,16-17,21H,6,8-10,26-27H2,1H3,(H,29,31)/t13-,16+,17-/m1/s1. The van der Waals surface area contributed by atoms with Crippen LogP contribution in [0.25, 0.3) is 10.2 Å². The van der Waals surface area contributed by atoms with Gasteiger partial charge in [0.2, 0.25) is 6.43 Å². The van der Waals surface area contributed by atoms with Gasteiger partial charge in [-0.3, -0.25) is 4.79 Å². The summed E-state index contributed by atoms with van der Waals surface area (Å²) in [6.45, 7) is 2.81. The minimum Gasteiger partial charge on any atom is -0.491 e. The summed E-state index contributed by atoms with van der Waals surface area (Å²) >= 11 is 1.28. The van der Waals surface area contributed by atoms with E-state index in [0.717, 1.165) is 27.2 Å². The fourth-order valence-electron chi connectivity index (χ4n) is 4.49. The van der Waals surface area contributed by atoms with Crippen LogP contribution in [0.2, 0.25) is 0 Å². The average molecular weight is 474 g/mol. The molecule has 0 spiro atoms. The molecule has 5 rings (SSSR count). The third kappa shape index (κ3) is 4.08. The Labute approximate surface area is 193 Å². The zero-order valence-electron chi connectivity index (χ0n) is 18.1. The van der Waals surface area contributed by atoms with E-state index in [-0.39, 0.29) is 18.5 Å². The smallest absolute Gasteiger partial charge is 0.263 e. The highest BCUT2D eigenvalue weighted by Gasteiger charge is 2.37. The van der Waals surface area contributed by atoms with Crippen molar-refractivity contribution in [2.75, 3.05) is 30.3 Å². The molecule has 1 saturated heterocycles. The van der Waals surface area contributed by atoms with Crippen LogP contribution in [0.1, 0.15) is 20.9 Å². The van der Waals surface area contributed by atoms with Crippen LogP contribution >= 0.6 is 11.3 Å². The van der Waals surface area contributed by atoms with E-state index in [9.17, 15) is 13.6 Å². The molecule has 3 atom stereocenters. The summed E-state index contributed by atoms with van der Waals surface area (Å²) in [6, 6.07) is 8.67. The number of carbonyl (C=O) groups is 1. The molecule has 2 aliphatic rings. The lowest BCUT2D eigenvalue weighted by molar-refractivity contribution is 0.0804. The highest BCUT2D eigenvalue weighted by atomic mass is 32.1. The van der Waals surface area contributed by atoms with Gasteiger partial charge in [-0.2, -0.15) is 0 Å². The fourth-order valence-corrected chi connectivity index (χ4v) is 5.53. The first-order valence-electron chi connectivity index (χ1n) is 10.8. The Morgan fingerprint density at radius 2 is 2.12 bits per heavy atom. The Morgan fingerprint density at radius 3 is 2.88 bits per heavy atom. The highest BCUT2D eigenvalue weighted by Crippen LogP contribution is 2.35. The number of thiophene rings is 1. The van der Waals surface area contributed by atoms with Crippen LogP contribution in [0, 0.1) is 12.8 Å². The van der Waals surface area contributed by atoms with E-state index in [1.54, 1.807) is 0 Å². The second-order valence-electron chi connectivity index (χ2n) is 8.69. The minimum absolute atomic E-state index is 0.210. The van der Waals surface area contributed by atoms with E-state index < -0.39 is 18.4 Å². The molecule has 1 fully saturated rings. The molecule has 4 heterocycles. The third-order valence-electron chi connectivity index (χ3n) is 6.33. The van der Waals surface area contributed by atoms with Crippen molar-refractivity contribution in [2.45, 2.75) is 31.9 Å². The number of hydrogen-bond donors (Lipinski definition) is 3. The van der Waals surface area contributed by atoms with Crippen molar-refractivity contribution in [1.29, 1.82) is 0 Å². The van der Waals surface area contributed by atoms with Crippen molar-refractivity contribution in [1.82, 2.24) is 10.3 Å². The summed E-state index contributed by atoms with van der Waals surface area (Å²) in [7, 11) is 0. The first kappa shape index (κ1) is 21.8. The molecular formula is C23H25F2N5O2S. The van der Waals surface area contributed by atoms with Gasteiger partial charge in [-0.1, -0.05) is 6.07 Å². The number of anilines is 2. The van der Waals surface area contributed by atoms with Crippen molar-refractivity contribution in [3.63, 3.8) is 0 Å². The second kappa shape index (κ2) is 8.42. The number of pyridine rings is 1. The lowest BCUT2D eigenvalue weighted by atomic mass is 10.0. The third-order valence-corrected chi connectivity index (χ3v) is 7.45. The number of fused-ring (bicyclic) bond motifs is 2. The second-order valence-corrected chi connectivity index (χ2v) is 9.69. The van der Waals surface area contributed by atoms with E-state index >= 15 is 0 Å². The van der Waals surface area contributed by atoms with Crippen LogP contribution in [-0.4, -0.2) is 49.1 Å². The summed E-state index contributed by atoms with van der Waals surface area (Å²) < 4.78 is 32.2. The van der Waals surface area contributed by atoms with Gasteiger partial charge in [0, 0.05) is 42.0 Å². The molecule has 2 aromatic heterocycles. The van der Waals surface area contributed by atoms with Crippen molar-refractivity contribution >= 4 is 38.8 Å². The van der Waals surface area contributed by atoms with Crippen molar-refractivity contribution in [2.24, 2.45) is 11.7 Å². The van der Waals surface area contributed by atoms with Gasteiger partial charge in [0.15, 0.2) is 0 Å². The molecule has 0 aliphatic carbocycles. The largest absolute Gasteiger partial charge is 0.491 e. The monoisotopic (exact) mass is 473 g/mol. The Kier molecular flexibility index (Phi) is 5.57. The molecule has 3 aromatic rings. The normalized spacial score (nSPS) is 22.5. The number of nitrogen functional groups attached to an aromatic ring is 1. The van der Waals surface area contributed by atoms with Gasteiger partial charge in [-0.25, -0.2) is 13.8 Å². The van der Waals surface area contributed by atoms with Gasteiger partial charge in [0.1, 0.15) is 22.1 Å². The number of ether oxygens (including phenoxy) is 1. The summed E-state index contributed by atoms with van der Waals surface area (Å²) in [4.78, 5) is 20.4. The van der Waals surface area contributed by atoms with Crippen LogP contribution in [0.3, 0.4) is 0 Å². The Bertz CT molecular complexity index is 1220. The molecule has 174 valence electrons. The number of nitrogens with one attached hydrogen (secondary N) is 1. The maximum absolute atomic E-state index is 13.1. The Hall–Kier alpha value is -2.98. The maximum atomic E-state index is 13.1. The zero-order chi connectivity index (χ0) is 23.3. The number of alkyl halides is 2. The van der Waals surface area contributed by atoms with Crippen LogP contribution in [0.4, 0.5) is 20.2 Å². The van der Waals surface area contributed by atoms with Crippen molar-refractivity contribution in [3.05, 3.63) is 46.5 Å². The summed E-state index contributed by atoms with van der Waals surface area (Å²) in [6.07, 6.45) is -1.83. The molecule has 1 amide bonds. The number of carbonyl (C=O) groups excluding carboxylic acids is 1. The molecule has 0 unspecified atom stereocenters. The lowest BCUT2D eigenvalue weighted by Gasteiger charge is -2.28. The molecule has 33 heavy (non-hydrogen) atoms. The minimum atomic E-state index is -2.43. The molecule has 1 aromatic carbocycles. The SMILES string of the molecule is Cc1ccc2c(N)c(C(=O)N[C@H]3COc4cc(N5C[C@@H](N)[C@@H](C(F)F)C5)ccc4C3)sc2n1. The van der Waals surface area contributed by atoms with Gasteiger partial charge in [0.25, 0.3) is 5.91 Å². The number of rotatable bonds is 4. The molecule has 2 aliphatic heterocycles. The maximum Gasteiger partial charge on any atom is 0.263 e. The predicted octanol–water partition coefficient (Wildman–Crippen LogP) is 2.95. The molecule has 0 saturated carbocycles. The molecule has 0 bridgehead atoms. The molecular weight excluding hydrogens is 448 g/mol. The Balaban J connectivity index is 1.27. The van der Waals surface area contributed by atoms with E-state index in [1.165, 1.54) is 11.3 Å². The van der Waals surface area contributed by atoms with Crippen LogP contribution < -0.4 is 26.4 Å². The fraction of sp³-hybridized carbons (Fsp3) is 0.391. The number of nitrogens with zero attached hydrogens (tertiary/aromatic N) is 2. The molecule has 7 nitrogen and oxygen atoms in total. The number of amides is 1. The topological polar surface area (TPSA) is 106 Å². The average Bonchev–Trinajstić information content (AvgIpc) is 3.33. The quantitative estimate of drug-likeness (QED) is 0.538. The number of aryl methyl sites for hydroxylation is 1. The van der Waals surface area contributed by atoms with Crippen molar-refractivity contribution < 1.29 is 18.3 Å². The first-order valence-corrected chi connectivity index (χ1v) is 11.6. The van der Waals surface area contributed by atoms with E-state index in [2.05, 4.69) is 10.3 Å². The lowest BCUT2D eigenvalue weighted by Crippen LogP contribution is -2.42. The van der Waals surface area contributed by atoms with Gasteiger partial charge < -0.3 is 26.4 Å². The number of hydrogen-bond acceptors (Lipinski definition) is 7. The van der Waals surface area contributed by atoms with Crippen LogP contribution in [0.5, 0.6) is 5.75 Å².